The van der Waals surface area contributed by atoms with Crippen LogP contribution in [0.15, 0.2) is 16.4 Å². The molecule has 1 N–H and O–H groups in total. The summed E-state index contributed by atoms with van der Waals surface area (Å²) in [5.74, 6) is 2.41. The van der Waals surface area contributed by atoms with Crippen LogP contribution in [0.5, 0.6) is 0 Å². The van der Waals surface area contributed by atoms with Crippen molar-refractivity contribution in [3.63, 3.8) is 0 Å². The fourth-order valence-electron chi connectivity index (χ4n) is 2.76. The molecule has 0 aromatic carbocycles. The summed E-state index contributed by atoms with van der Waals surface area (Å²) in [5.41, 5.74) is 0.851. The molecule has 3 heterocycles. The van der Waals surface area contributed by atoms with Gasteiger partial charge in [0.15, 0.2) is 5.66 Å². The average Bonchev–Trinajstić information content (AvgIpc) is 3.23. The van der Waals surface area contributed by atoms with E-state index in [-0.39, 0.29) is 11.8 Å². The van der Waals surface area contributed by atoms with Gasteiger partial charge in [0, 0.05) is 51.4 Å². The third kappa shape index (κ3) is 3.30. The normalized spacial score (nSPS) is 17.3. The quantitative estimate of drug-likeness (QED) is 0.755. The number of hydrogen-bond donors (Lipinski definition) is 1. The van der Waals surface area contributed by atoms with Gasteiger partial charge in [0.1, 0.15) is 5.69 Å². The van der Waals surface area contributed by atoms with E-state index in [2.05, 4.69) is 26.6 Å². The molecule has 2 amide bonds. The number of fused-ring (bicyclic) bond motifs is 1. The molecule has 3 rings (SSSR count). The van der Waals surface area contributed by atoms with E-state index in [1.807, 2.05) is 0 Å². The van der Waals surface area contributed by atoms with E-state index < -0.39 is 5.66 Å². The fraction of sp³-hybridized carbons (Fsp3) is 0.562. The second kappa shape index (κ2) is 6.43. The molecule has 1 aromatic rings. The van der Waals surface area contributed by atoms with E-state index in [4.69, 9.17) is 6.42 Å². The predicted octanol–water partition coefficient (Wildman–Crippen LogP) is 0.941. The van der Waals surface area contributed by atoms with Gasteiger partial charge in [0.25, 0.3) is 5.91 Å². The van der Waals surface area contributed by atoms with E-state index in [0.29, 0.717) is 51.0 Å². The zero-order valence-electron chi connectivity index (χ0n) is 13.7. The standard InChI is InChI=1S/C16H20N6O2/c1-3-4-6-16(19-20-16)7-5-13(23)17-10-12-11-18-22-9-8-21(2)15(24)14(12)22/h1,11H,4-10H2,2H3,(H,17,23). The minimum atomic E-state index is -0.445. The summed E-state index contributed by atoms with van der Waals surface area (Å²) in [6.07, 6.45) is 9.08. The predicted molar refractivity (Wildman–Crippen MR) is 85.9 cm³/mol. The molecule has 0 saturated carbocycles. The number of rotatable bonds is 7. The molecule has 0 unspecified atom stereocenters. The van der Waals surface area contributed by atoms with Crippen molar-refractivity contribution < 1.29 is 9.59 Å². The van der Waals surface area contributed by atoms with Gasteiger partial charge in [0.2, 0.25) is 5.91 Å². The monoisotopic (exact) mass is 328 g/mol. The maximum absolute atomic E-state index is 12.2. The first-order valence-corrected chi connectivity index (χ1v) is 7.99. The van der Waals surface area contributed by atoms with E-state index in [9.17, 15) is 9.59 Å². The van der Waals surface area contributed by atoms with Crippen LogP contribution >= 0.6 is 0 Å². The minimum Gasteiger partial charge on any atom is -0.352 e. The van der Waals surface area contributed by atoms with Crippen LogP contribution in [-0.2, 0) is 17.9 Å². The number of terminal acetylenes is 1. The Morgan fingerprint density at radius 1 is 1.42 bits per heavy atom. The molecule has 0 radical (unpaired) electrons. The van der Waals surface area contributed by atoms with E-state index in [1.165, 1.54) is 0 Å². The summed E-state index contributed by atoms with van der Waals surface area (Å²) >= 11 is 0. The summed E-state index contributed by atoms with van der Waals surface area (Å²) < 4.78 is 1.70. The number of nitrogens with zero attached hydrogens (tertiary/aromatic N) is 5. The molecule has 2 aliphatic rings. The van der Waals surface area contributed by atoms with Crippen molar-refractivity contribution in [3.8, 4) is 12.3 Å². The van der Waals surface area contributed by atoms with Crippen molar-refractivity contribution in [1.29, 1.82) is 0 Å². The molecule has 0 atom stereocenters. The van der Waals surface area contributed by atoms with Gasteiger partial charge < -0.3 is 10.2 Å². The van der Waals surface area contributed by atoms with Crippen molar-refractivity contribution in [2.24, 2.45) is 10.2 Å². The number of aromatic nitrogens is 2. The maximum atomic E-state index is 12.2. The molecular weight excluding hydrogens is 308 g/mol. The number of hydrogen-bond acceptors (Lipinski definition) is 5. The first-order chi connectivity index (χ1) is 11.5. The lowest BCUT2D eigenvalue weighted by Gasteiger charge is -2.24. The summed E-state index contributed by atoms with van der Waals surface area (Å²) in [4.78, 5) is 25.9. The topological polar surface area (TPSA) is 92.0 Å². The Bertz CT molecular complexity index is 723. The smallest absolute Gasteiger partial charge is 0.272 e. The number of carbonyl (C=O) groups excluding carboxylic acids is 2. The Hall–Kier alpha value is -2.69. The molecule has 24 heavy (non-hydrogen) atoms. The van der Waals surface area contributed by atoms with Crippen LogP contribution in [-0.4, -0.2) is 45.8 Å². The third-order valence-electron chi connectivity index (χ3n) is 4.39. The zero-order chi connectivity index (χ0) is 17.2. The summed E-state index contributed by atoms with van der Waals surface area (Å²) in [6, 6.07) is 0. The molecule has 8 nitrogen and oxygen atoms in total. The first-order valence-electron chi connectivity index (χ1n) is 7.99. The first kappa shape index (κ1) is 16.2. The molecule has 1 aromatic heterocycles. The maximum Gasteiger partial charge on any atom is 0.272 e. The largest absolute Gasteiger partial charge is 0.352 e. The molecule has 8 heteroatoms. The molecule has 0 aliphatic carbocycles. The Morgan fingerprint density at radius 3 is 2.92 bits per heavy atom. The lowest BCUT2D eigenvalue weighted by Crippen LogP contribution is -2.38. The lowest BCUT2D eigenvalue weighted by molar-refractivity contribution is -0.121. The van der Waals surface area contributed by atoms with Crippen LogP contribution in [0.2, 0.25) is 0 Å². The van der Waals surface area contributed by atoms with Crippen molar-refractivity contribution in [3.05, 3.63) is 17.5 Å². The molecule has 0 fully saturated rings. The van der Waals surface area contributed by atoms with Gasteiger partial charge in [-0.2, -0.15) is 15.3 Å². The zero-order valence-corrected chi connectivity index (χ0v) is 13.7. The number of amides is 2. The van der Waals surface area contributed by atoms with Crippen LogP contribution in [0.3, 0.4) is 0 Å². The SMILES string of the molecule is C#CCCC1(CCC(=O)NCc2cnn3c2C(=O)N(C)CC3)N=N1. The average molecular weight is 328 g/mol. The van der Waals surface area contributed by atoms with Gasteiger partial charge in [0.05, 0.1) is 12.7 Å². The summed E-state index contributed by atoms with van der Waals surface area (Å²) in [6.45, 7) is 1.61. The molecule has 126 valence electrons. The second-order valence-electron chi connectivity index (χ2n) is 6.13. The van der Waals surface area contributed by atoms with Gasteiger partial charge in [-0.3, -0.25) is 14.3 Å². The highest BCUT2D eigenvalue weighted by Gasteiger charge is 2.39. The van der Waals surface area contributed by atoms with Crippen LogP contribution in [0.4, 0.5) is 0 Å². The van der Waals surface area contributed by atoms with Gasteiger partial charge in [-0.15, -0.1) is 12.3 Å². The highest BCUT2D eigenvalue weighted by Crippen LogP contribution is 2.37. The van der Waals surface area contributed by atoms with Crippen molar-refractivity contribution >= 4 is 11.8 Å². The molecule has 0 spiro atoms. The van der Waals surface area contributed by atoms with Crippen molar-refractivity contribution in [2.75, 3.05) is 13.6 Å². The molecule has 0 bridgehead atoms. The molecule has 2 aliphatic heterocycles. The van der Waals surface area contributed by atoms with Gasteiger partial charge in [-0.1, -0.05) is 0 Å². The van der Waals surface area contributed by atoms with Crippen LogP contribution < -0.4 is 5.32 Å². The number of carbonyl (C=O) groups is 2. The highest BCUT2D eigenvalue weighted by atomic mass is 16.2. The Balaban J connectivity index is 1.50. The fourth-order valence-corrected chi connectivity index (χ4v) is 2.76. The van der Waals surface area contributed by atoms with Crippen LogP contribution in [0.1, 0.15) is 41.7 Å². The van der Waals surface area contributed by atoms with Gasteiger partial charge in [-0.05, 0) is 0 Å². The highest BCUT2D eigenvalue weighted by molar-refractivity contribution is 5.94. The van der Waals surface area contributed by atoms with Gasteiger partial charge in [-0.25, -0.2) is 0 Å². The Morgan fingerprint density at radius 2 is 2.21 bits per heavy atom. The van der Waals surface area contributed by atoms with E-state index >= 15 is 0 Å². The minimum absolute atomic E-state index is 0.0631. The van der Waals surface area contributed by atoms with Crippen LogP contribution in [0, 0.1) is 12.3 Å². The second-order valence-corrected chi connectivity index (χ2v) is 6.13. The third-order valence-corrected chi connectivity index (χ3v) is 4.39. The van der Waals surface area contributed by atoms with E-state index in [0.717, 1.165) is 5.56 Å². The summed E-state index contributed by atoms with van der Waals surface area (Å²) in [7, 11) is 1.76. The van der Waals surface area contributed by atoms with Crippen molar-refractivity contribution in [2.45, 2.75) is 44.4 Å². The Labute approximate surface area is 140 Å². The van der Waals surface area contributed by atoms with E-state index in [1.54, 1.807) is 22.8 Å². The Kier molecular flexibility index (Phi) is 4.34. The van der Waals surface area contributed by atoms with Gasteiger partial charge >= 0.3 is 0 Å². The lowest BCUT2D eigenvalue weighted by atomic mass is 10.0. The number of likely N-dealkylation sites (N-methyl/N-ethyl adjacent to an activating group) is 1. The molecule has 0 saturated heterocycles. The number of nitrogens with one attached hydrogen (secondary N) is 1. The van der Waals surface area contributed by atoms with Crippen molar-refractivity contribution in [1.82, 2.24) is 20.0 Å². The molecular formula is C16H20N6O2. The van der Waals surface area contributed by atoms with Crippen LogP contribution in [0.25, 0.3) is 0 Å². The summed E-state index contributed by atoms with van der Waals surface area (Å²) in [5, 5.41) is 15.1.